The van der Waals surface area contributed by atoms with E-state index in [1.165, 1.54) is 23.4 Å². The number of nitrogens with zero attached hydrogens (tertiary/aromatic N) is 3. The number of nitrogens with one attached hydrogen (secondary N) is 1. The molecule has 16 heavy (non-hydrogen) atoms. The highest BCUT2D eigenvalue weighted by Crippen LogP contribution is 2.12. The van der Waals surface area contributed by atoms with Crippen LogP contribution in [0, 0.1) is 0 Å². The molecule has 2 rings (SSSR count). The normalized spacial score (nSPS) is 10.3. The lowest BCUT2D eigenvalue weighted by Gasteiger charge is -2.00. The SMILES string of the molecule is O=C(O)c1cnn(-c2nc[nH]c(=O)c2Br)c1. The van der Waals surface area contributed by atoms with E-state index < -0.39 is 5.97 Å². The smallest absolute Gasteiger partial charge is 0.338 e. The van der Waals surface area contributed by atoms with Crippen molar-refractivity contribution in [2.45, 2.75) is 0 Å². The molecule has 0 saturated carbocycles. The Hall–Kier alpha value is -1.96. The minimum Gasteiger partial charge on any atom is -0.478 e. The number of H-pyrrole nitrogens is 1. The van der Waals surface area contributed by atoms with Gasteiger partial charge in [-0.3, -0.25) is 4.79 Å². The number of aromatic amines is 1. The molecular weight excluding hydrogens is 280 g/mol. The molecule has 0 unspecified atom stereocenters. The molecule has 2 N–H and O–H groups in total. The fourth-order valence-electron chi connectivity index (χ4n) is 1.08. The van der Waals surface area contributed by atoms with Crippen molar-refractivity contribution in [1.29, 1.82) is 0 Å². The molecule has 0 aliphatic carbocycles. The molecule has 2 heterocycles. The van der Waals surface area contributed by atoms with Gasteiger partial charge in [-0.1, -0.05) is 0 Å². The highest BCUT2D eigenvalue weighted by atomic mass is 79.9. The van der Waals surface area contributed by atoms with Crippen molar-refractivity contribution in [3.63, 3.8) is 0 Å². The Bertz CT molecular complexity index is 603. The Morgan fingerprint density at radius 3 is 2.94 bits per heavy atom. The predicted octanol–water partition coefficient (Wildman–Crippen LogP) is 0.416. The third kappa shape index (κ3) is 1.74. The summed E-state index contributed by atoms with van der Waals surface area (Å²) in [6.45, 7) is 0. The number of hydrogen-bond donors (Lipinski definition) is 2. The van der Waals surface area contributed by atoms with Gasteiger partial charge in [-0.05, 0) is 15.9 Å². The summed E-state index contributed by atoms with van der Waals surface area (Å²) in [6, 6.07) is 0. The molecule has 0 radical (unpaired) electrons. The largest absolute Gasteiger partial charge is 0.478 e. The maximum absolute atomic E-state index is 11.3. The fourth-order valence-corrected chi connectivity index (χ4v) is 1.48. The molecular formula is C8H5BrN4O3. The van der Waals surface area contributed by atoms with Gasteiger partial charge in [-0.2, -0.15) is 5.10 Å². The van der Waals surface area contributed by atoms with Gasteiger partial charge in [0, 0.05) is 6.20 Å². The molecule has 0 saturated heterocycles. The summed E-state index contributed by atoms with van der Waals surface area (Å²) in [7, 11) is 0. The molecule has 0 aromatic carbocycles. The third-order valence-electron chi connectivity index (χ3n) is 1.82. The number of halogens is 1. The maximum Gasteiger partial charge on any atom is 0.338 e. The molecule has 82 valence electrons. The summed E-state index contributed by atoms with van der Waals surface area (Å²) in [6.07, 6.45) is 3.66. The van der Waals surface area contributed by atoms with Crippen LogP contribution in [-0.2, 0) is 0 Å². The first-order valence-electron chi connectivity index (χ1n) is 4.11. The molecule has 2 aromatic heterocycles. The van der Waals surface area contributed by atoms with E-state index in [4.69, 9.17) is 5.11 Å². The van der Waals surface area contributed by atoms with Crippen molar-refractivity contribution < 1.29 is 9.90 Å². The van der Waals surface area contributed by atoms with Crippen LogP contribution in [0.1, 0.15) is 10.4 Å². The number of carboxylic acid groups (broad SMARTS) is 1. The molecule has 0 spiro atoms. The lowest BCUT2D eigenvalue weighted by molar-refractivity contribution is 0.0697. The number of carboxylic acids is 1. The van der Waals surface area contributed by atoms with Gasteiger partial charge in [0.2, 0.25) is 0 Å². The summed E-state index contributed by atoms with van der Waals surface area (Å²) in [5.74, 6) is -0.858. The van der Waals surface area contributed by atoms with Crippen molar-refractivity contribution in [3.8, 4) is 5.82 Å². The summed E-state index contributed by atoms with van der Waals surface area (Å²) in [4.78, 5) is 28.2. The first kappa shape index (κ1) is 10.6. The zero-order chi connectivity index (χ0) is 11.7. The number of rotatable bonds is 2. The van der Waals surface area contributed by atoms with Gasteiger partial charge >= 0.3 is 5.97 Å². The summed E-state index contributed by atoms with van der Waals surface area (Å²) >= 11 is 3.05. The van der Waals surface area contributed by atoms with Gasteiger partial charge in [0.05, 0.1) is 18.1 Å². The van der Waals surface area contributed by atoms with E-state index in [9.17, 15) is 9.59 Å². The van der Waals surface area contributed by atoms with Crippen molar-refractivity contribution in [2.75, 3.05) is 0 Å². The van der Waals surface area contributed by atoms with Crippen LogP contribution in [0.2, 0.25) is 0 Å². The molecule has 0 bridgehead atoms. The van der Waals surface area contributed by atoms with Crippen LogP contribution in [0.15, 0.2) is 28.0 Å². The first-order valence-corrected chi connectivity index (χ1v) is 4.90. The van der Waals surface area contributed by atoms with Crippen LogP contribution in [0.25, 0.3) is 5.82 Å². The zero-order valence-electron chi connectivity index (χ0n) is 7.72. The van der Waals surface area contributed by atoms with Crippen molar-refractivity contribution in [3.05, 3.63) is 39.1 Å². The topological polar surface area (TPSA) is 101 Å². The lowest BCUT2D eigenvalue weighted by Crippen LogP contribution is -2.12. The van der Waals surface area contributed by atoms with Gasteiger partial charge in [0.1, 0.15) is 4.47 Å². The van der Waals surface area contributed by atoms with Gasteiger partial charge < -0.3 is 10.1 Å². The average molecular weight is 285 g/mol. The summed E-state index contributed by atoms with van der Waals surface area (Å²) < 4.78 is 1.40. The third-order valence-corrected chi connectivity index (χ3v) is 2.54. The molecule has 2 aromatic rings. The van der Waals surface area contributed by atoms with E-state index in [2.05, 4.69) is 31.0 Å². The summed E-state index contributed by atoms with van der Waals surface area (Å²) in [5, 5.41) is 12.5. The number of aromatic carboxylic acids is 1. The van der Waals surface area contributed by atoms with Crippen LogP contribution in [0.5, 0.6) is 0 Å². The Morgan fingerprint density at radius 2 is 2.31 bits per heavy atom. The van der Waals surface area contributed by atoms with E-state index >= 15 is 0 Å². The second-order valence-electron chi connectivity index (χ2n) is 2.85. The quantitative estimate of drug-likeness (QED) is 0.832. The Balaban J connectivity index is 2.55. The Labute approximate surface area is 96.9 Å². The molecule has 0 aliphatic rings. The van der Waals surface area contributed by atoms with Gasteiger partial charge in [0.25, 0.3) is 5.56 Å². The van der Waals surface area contributed by atoms with E-state index in [0.717, 1.165) is 0 Å². The standard InChI is InChI=1S/C8H5BrN4O3/c9-5-6(10-3-11-7(5)14)13-2-4(1-12-13)8(15)16/h1-3H,(H,15,16)(H,10,11,14). The van der Waals surface area contributed by atoms with E-state index in [1.807, 2.05) is 0 Å². The minimum absolute atomic E-state index is 0.0222. The van der Waals surface area contributed by atoms with Crippen molar-refractivity contribution in [1.82, 2.24) is 19.7 Å². The molecule has 0 amide bonds. The van der Waals surface area contributed by atoms with Gasteiger partial charge in [-0.25, -0.2) is 14.5 Å². The number of aromatic nitrogens is 4. The molecule has 7 nitrogen and oxygen atoms in total. The Kier molecular flexibility index (Phi) is 2.57. The molecule has 0 fully saturated rings. The van der Waals surface area contributed by atoms with E-state index in [0.29, 0.717) is 0 Å². The number of hydrogen-bond acceptors (Lipinski definition) is 4. The van der Waals surface area contributed by atoms with Gasteiger partial charge in [0.15, 0.2) is 5.82 Å². The number of carbonyl (C=O) groups is 1. The minimum atomic E-state index is -1.09. The van der Waals surface area contributed by atoms with Crippen LogP contribution in [0.4, 0.5) is 0 Å². The maximum atomic E-state index is 11.3. The monoisotopic (exact) mass is 284 g/mol. The van der Waals surface area contributed by atoms with Crippen LogP contribution in [-0.4, -0.2) is 30.8 Å². The van der Waals surface area contributed by atoms with Crippen LogP contribution in [0.3, 0.4) is 0 Å². The second kappa shape index (κ2) is 3.89. The highest BCUT2D eigenvalue weighted by Gasteiger charge is 2.11. The predicted molar refractivity (Wildman–Crippen MR) is 56.6 cm³/mol. The van der Waals surface area contributed by atoms with Crippen molar-refractivity contribution in [2.24, 2.45) is 0 Å². The van der Waals surface area contributed by atoms with Crippen LogP contribution < -0.4 is 5.56 Å². The van der Waals surface area contributed by atoms with E-state index in [1.54, 1.807) is 0 Å². The molecule has 8 heteroatoms. The van der Waals surface area contributed by atoms with E-state index in [-0.39, 0.29) is 21.4 Å². The first-order chi connectivity index (χ1) is 7.59. The van der Waals surface area contributed by atoms with Crippen LogP contribution >= 0.6 is 15.9 Å². The van der Waals surface area contributed by atoms with Crippen molar-refractivity contribution >= 4 is 21.9 Å². The molecule has 0 aliphatic heterocycles. The summed E-state index contributed by atoms with van der Waals surface area (Å²) in [5.41, 5.74) is -0.341. The Morgan fingerprint density at radius 1 is 1.56 bits per heavy atom. The zero-order valence-corrected chi connectivity index (χ0v) is 9.30. The second-order valence-corrected chi connectivity index (χ2v) is 3.64. The van der Waals surface area contributed by atoms with Gasteiger partial charge in [-0.15, -0.1) is 0 Å². The fraction of sp³-hybridized carbons (Fsp3) is 0. The molecule has 0 atom stereocenters. The highest BCUT2D eigenvalue weighted by molar-refractivity contribution is 9.10. The lowest BCUT2D eigenvalue weighted by atomic mass is 10.4. The average Bonchev–Trinajstić information content (AvgIpc) is 2.71.